The Kier molecular flexibility index (Phi) is 6.58. The SMILES string of the molecule is CC(C(=O)OCCCN1CCCC1=O)c1cccc(C(=O)c2ccccc2)c1. The lowest BCUT2D eigenvalue weighted by molar-refractivity contribution is -0.145. The summed E-state index contributed by atoms with van der Waals surface area (Å²) in [5, 5.41) is 0. The number of likely N-dealkylation sites (tertiary alicyclic amines) is 1. The number of hydrogen-bond acceptors (Lipinski definition) is 4. The molecule has 2 aromatic rings. The highest BCUT2D eigenvalue weighted by atomic mass is 16.5. The van der Waals surface area contributed by atoms with Gasteiger partial charge in [0, 0.05) is 30.6 Å². The number of ketones is 1. The molecule has 0 spiro atoms. The van der Waals surface area contributed by atoms with E-state index in [2.05, 4.69) is 0 Å². The molecule has 0 saturated carbocycles. The predicted molar refractivity (Wildman–Crippen MR) is 106 cm³/mol. The van der Waals surface area contributed by atoms with Gasteiger partial charge in [-0.3, -0.25) is 14.4 Å². The zero-order valence-corrected chi connectivity index (χ0v) is 16.1. The maximum Gasteiger partial charge on any atom is 0.313 e. The van der Waals surface area contributed by atoms with Crippen LogP contribution in [0.5, 0.6) is 0 Å². The van der Waals surface area contributed by atoms with Crippen LogP contribution >= 0.6 is 0 Å². The second kappa shape index (κ2) is 9.31. The Balaban J connectivity index is 1.54. The van der Waals surface area contributed by atoms with Crippen LogP contribution in [0.25, 0.3) is 0 Å². The molecule has 28 heavy (non-hydrogen) atoms. The number of carbonyl (C=O) groups excluding carboxylic acids is 3. The molecule has 5 nitrogen and oxygen atoms in total. The van der Waals surface area contributed by atoms with Gasteiger partial charge in [-0.2, -0.15) is 0 Å². The molecule has 2 aromatic carbocycles. The Hall–Kier alpha value is -2.95. The van der Waals surface area contributed by atoms with Crippen molar-refractivity contribution in [1.29, 1.82) is 0 Å². The Morgan fingerprint density at radius 1 is 1.07 bits per heavy atom. The van der Waals surface area contributed by atoms with Crippen LogP contribution in [-0.4, -0.2) is 42.3 Å². The molecule has 1 aliphatic heterocycles. The first-order valence-corrected chi connectivity index (χ1v) is 9.70. The van der Waals surface area contributed by atoms with Crippen molar-refractivity contribution in [3.05, 3.63) is 71.3 Å². The quantitative estimate of drug-likeness (QED) is 0.400. The molecule has 1 heterocycles. The molecule has 146 valence electrons. The normalized spacial score (nSPS) is 14.8. The molecule has 0 radical (unpaired) electrons. The maximum absolute atomic E-state index is 12.6. The summed E-state index contributed by atoms with van der Waals surface area (Å²) in [7, 11) is 0. The minimum atomic E-state index is -0.461. The highest BCUT2D eigenvalue weighted by molar-refractivity contribution is 6.09. The van der Waals surface area contributed by atoms with Crippen molar-refractivity contribution in [2.45, 2.75) is 32.1 Å². The first-order chi connectivity index (χ1) is 13.6. The highest BCUT2D eigenvalue weighted by Crippen LogP contribution is 2.20. The summed E-state index contributed by atoms with van der Waals surface area (Å²) in [6.45, 7) is 3.49. The van der Waals surface area contributed by atoms with Crippen LogP contribution < -0.4 is 0 Å². The molecule has 1 fully saturated rings. The molecule has 0 N–H and O–H groups in total. The van der Waals surface area contributed by atoms with E-state index >= 15 is 0 Å². The third-order valence-electron chi connectivity index (χ3n) is 5.03. The van der Waals surface area contributed by atoms with Gasteiger partial charge < -0.3 is 9.64 Å². The second-order valence-electron chi connectivity index (χ2n) is 7.05. The smallest absolute Gasteiger partial charge is 0.313 e. The lowest BCUT2D eigenvalue weighted by Crippen LogP contribution is -2.27. The molecule has 1 aliphatic rings. The Labute approximate surface area is 165 Å². The minimum Gasteiger partial charge on any atom is -0.465 e. The largest absolute Gasteiger partial charge is 0.465 e. The maximum atomic E-state index is 12.6. The van der Waals surface area contributed by atoms with E-state index in [1.165, 1.54) is 0 Å². The predicted octanol–water partition coefficient (Wildman–Crippen LogP) is 3.58. The van der Waals surface area contributed by atoms with Gasteiger partial charge in [-0.05, 0) is 31.4 Å². The lowest BCUT2D eigenvalue weighted by Gasteiger charge is -2.16. The monoisotopic (exact) mass is 379 g/mol. The van der Waals surface area contributed by atoms with Gasteiger partial charge >= 0.3 is 5.97 Å². The number of esters is 1. The average Bonchev–Trinajstić information content (AvgIpc) is 3.15. The average molecular weight is 379 g/mol. The number of nitrogens with zero attached hydrogens (tertiary/aromatic N) is 1. The molecule has 0 bridgehead atoms. The summed E-state index contributed by atoms with van der Waals surface area (Å²) in [6.07, 6.45) is 2.17. The van der Waals surface area contributed by atoms with Crippen LogP contribution in [-0.2, 0) is 14.3 Å². The lowest BCUT2D eigenvalue weighted by atomic mass is 9.96. The van der Waals surface area contributed by atoms with Crippen LogP contribution in [0, 0.1) is 0 Å². The van der Waals surface area contributed by atoms with Crippen LogP contribution in [0.1, 0.15) is 53.6 Å². The summed E-state index contributed by atoms with van der Waals surface area (Å²) >= 11 is 0. The molecule has 1 unspecified atom stereocenters. The summed E-state index contributed by atoms with van der Waals surface area (Å²) in [5.41, 5.74) is 1.92. The Bertz CT molecular complexity index is 847. The first-order valence-electron chi connectivity index (χ1n) is 9.70. The van der Waals surface area contributed by atoms with Gasteiger partial charge in [0.25, 0.3) is 0 Å². The van der Waals surface area contributed by atoms with Gasteiger partial charge in [0.1, 0.15) is 0 Å². The summed E-state index contributed by atoms with van der Waals surface area (Å²) in [5.74, 6) is -0.674. The van der Waals surface area contributed by atoms with Gasteiger partial charge in [0.15, 0.2) is 5.78 Å². The topological polar surface area (TPSA) is 63.7 Å². The van der Waals surface area contributed by atoms with Crippen LogP contribution in [0.2, 0.25) is 0 Å². The van der Waals surface area contributed by atoms with E-state index in [0.717, 1.165) is 18.5 Å². The fourth-order valence-corrected chi connectivity index (χ4v) is 3.34. The van der Waals surface area contributed by atoms with Gasteiger partial charge in [-0.15, -0.1) is 0 Å². The number of rotatable bonds is 8. The van der Waals surface area contributed by atoms with Crippen molar-refractivity contribution in [3.8, 4) is 0 Å². The molecule has 1 amide bonds. The van der Waals surface area contributed by atoms with Crippen LogP contribution in [0.3, 0.4) is 0 Å². The van der Waals surface area contributed by atoms with Crippen LogP contribution in [0.4, 0.5) is 0 Å². The highest BCUT2D eigenvalue weighted by Gasteiger charge is 2.21. The van der Waals surface area contributed by atoms with E-state index in [1.807, 2.05) is 29.2 Å². The van der Waals surface area contributed by atoms with Gasteiger partial charge in [-0.25, -0.2) is 0 Å². The third kappa shape index (κ3) is 4.85. The number of hydrogen-bond donors (Lipinski definition) is 0. The first kappa shape index (κ1) is 19.8. The summed E-state index contributed by atoms with van der Waals surface area (Å²) < 4.78 is 5.38. The van der Waals surface area contributed by atoms with Crippen molar-refractivity contribution >= 4 is 17.7 Å². The van der Waals surface area contributed by atoms with Gasteiger partial charge in [-0.1, -0.05) is 48.5 Å². The van der Waals surface area contributed by atoms with Gasteiger partial charge in [0.05, 0.1) is 12.5 Å². The molecule has 5 heteroatoms. The Morgan fingerprint density at radius 3 is 2.54 bits per heavy atom. The van der Waals surface area contributed by atoms with Crippen molar-refractivity contribution in [3.63, 3.8) is 0 Å². The van der Waals surface area contributed by atoms with E-state index < -0.39 is 5.92 Å². The molecule has 0 aliphatic carbocycles. The fourth-order valence-electron chi connectivity index (χ4n) is 3.34. The summed E-state index contributed by atoms with van der Waals surface area (Å²) in [4.78, 5) is 38.4. The molecular formula is C23H25NO4. The van der Waals surface area contributed by atoms with E-state index in [-0.39, 0.29) is 24.3 Å². The summed E-state index contributed by atoms with van der Waals surface area (Å²) in [6, 6.07) is 16.2. The van der Waals surface area contributed by atoms with E-state index in [4.69, 9.17) is 4.74 Å². The molecule has 1 saturated heterocycles. The Morgan fingerprint density at radius 2 is 1.82 bits per heavy atom. The zero-order valence-electron chi connectivity index (χ0n) is 16.1. The van der Waals surface area contributed by atoms with Gasteiger partial charge in [0.2, 0.25) is 5.91 Å². The van der Waals surface area contributed by atoms with E-state index in [0.29, 0.717) is 30.5 Å². The standard InChI is InChI=1S/C23H25NO4/c1-17(23(27)28-15-7-14-24-13-6-12-21(24)25)19-10-5-11-20(16-19)22(26)18-8-3-2-4-9-18/h2-5,8-11,16-17H,6-7,12-15H2,1H3. The minimum absolute atomic E-state index is 0.0710. The van der Waals surface area contributed by atoms with E-state index in [9.17, 15) is 14.4 Å². The molecule has 0 aromatic heterocycles. The number of ether oxygens (including phenoxy) is 1. The van der Waals surface area contributed by atoms with Crippen molar-refractivity contribution < 1.29 is 19.1 Å². The third-order valence-corrected chi connectivity index (χ3v) is 5.03. The second-order valence-corrected chi connectivity index (χ2v) is 7.05. The number of carbonyl (C=O) groups is 3. The van der Waals surface area contributed by atoms with Crippen molar-refractivity contribution in [1.82, 2.24) is 4.90 Å². The number of amides is 1. The molecular weight excluding hydrogens is 354 g/mol. The van der Waals surface area contributed by atoms with E-state index in [1.54, 1.807) is 37.3 Å². The fraction of sp³-hybridized carbons (Fsp3) is 0.348. The molecule has 3 rings (SSSR count). The zero-order chi connectivity index (χ0) is 19.9. The van der Waals surface area contributed by atoms with Crippen LogP contribution in [0.15, 0.2) is 54.6 Å². The van der Waals surface area contributed by atoms with Crippen molar-refractivity contribution in [2.24, 2.45) is 0 Å². The number of benzene rings is 2. The molecule has 1 atom stereocenters. The van der Waals surface area contributed by atoms with Crippen molar-refractivity contribution in [2.75, 3.05) is 19.7 Å².